The minimum absolute atomic E-state index is 0.00848. The molecule has 2 N–H and O–H groups in total. The number of hydrogen-bond donors (Lipinski definition) is 2. The summed E-state index contributed by atoms with van der Waals surface area (Å²) in [7, 11) is -4.07. The zero-order valence-electron chi connectivity index (χ0n) is 18.4. The molecule has 3 amide bonds. The van der Waals surface area contributed by atoms with Gasteiger partial charge in [-0.25, -0.2) is 17.5 Å². The van der Waals surface area contributed by atoms with Crippen LogP contribution in [0, 0.1) is 6.92 Å². The Kier molecular flexibility index (Phi) is 9.47. The van der Waals surface area contributed by atoms with Crippen molar-refractivity contribution in [1.82, 2.24) is 19.8 Å². The van der Waals surface area contributed by atoms with E-state index >= 15 is 0 Å². The van der Waals surface area contributed by atoms with Gasteiger partial charge in [0.2, 0.25) is 5.91 Å². The predicted octanol–water partition coefficient (Wildman–Crippen LogP) is 2.69. The molecule has 1 saturated heterocycles. The van der Waals surface area contributed by atoms with Gasteiger partial charge in [0.05, 0.1) is 11.8 Å². The minimum Gasteiger partial charge on any atom is -0.354 e. The summed E-state index contributed by atoms with van der Waals surface area (Å²) in [5.74, 6) is -0.154. The number of rotatable bonds is 11. The highest BCUT2D eigenvalue weighted by Crippen LogP contribution is 2.36. The van der Waals surface area contributed by atoms with Gasteiger partial charge in [0, 0.05) is 29.6 Å². The fraction of sp³-hybridized carbons (Fsp3) is 0.600. The third-order valence-corrected chi connectivity index (χ3v) is 8.95. The number of thioether (sulfide) groups is 1. The van der Waals surface area contributed by atoms with Crippen LogP contribution in [0.3, 0.4) is 0 Å². The lowest BCUT2D eigenvalue weighted by Crippen LogP contribution is -2.38. The van der Waals surface area contributed by atoms with Crippen molar-refractivity contribution in [3.63, 3.8) is 0 Å². The molecule has 1 heterocycles. The van der Waals surface area contributed by atoms with E-state index in [2.05, 4.69) is 29.4 Å². The number of sulfonamides is 1. The number of nitrogens with zero attached hydrogens (tertiary/aromatic N) is 2. The molecule has 1 aromatic rings. The molecule has 0 aliphatic carbocycles. The molecule has 31 heavy (non-hydrogen) atoms. The van der Waals surface area contributed by atoms with Gasteiger partial charge in [0.1, 0.15) is 4.90 Å². The van der Waals surface area contributed by atoms with Crippen LogP contribution < -0.4 is 10.6 Å². The SMILES string of the molecule is CCC(Sc1cc(Cl)c(C)cc1S(=O)(=O)N1CCNC1=O)C(=O)NCCN(CC)CC. The zero-order chi connectivity index (χ0) is 23.2. The maximum atomic E-state index is 13.2. The number of halogens is 1. The third kappa shape index (κ3) is 6.27. The van der Waals surface area contributed by atoms with Crippen LogP contribution in [0.5, 0.6) is 0 Å². The maximum absolute atomic E-state index is 13.2. The molecule has 0 radical (unpaired) electrons. The van der Waals surface area contributed by atoms with E-state index in [4.69, 9.17) is 11.6 Å². The average Bonchev–Trinajstić information content (AvgIpc) is 3.18. The lowest BCUT2D eigenvalue weighted by molar-refractivity contribution is -0.120. The van der Waals surface area contributed by atoms with Gasteiger partial charge in [0.15, 0.2) is 0 Å². The Hall–Kier alpha value is -1.49. The van der Waals surface area contributed by atoms with Crippen molar-refractivity contribution >= 4 is 45.3 Å². The average molecular weight is 491 g/mol. The summed E-state index contributed by atoms with van der Waals surface area (Å²) >= 11 is 7.43. The van der Waals surface area contributed by atoms with Crippen LogP contribution in [0.25, 0.3) is 0 Å². The number of benzene rings is 1. The van der Waals surface area contributed by atoms with E-state index in [9.17, 15) is 18.0 Å². The normalized spacial score (nSPS) is 15.3. The van der Waals surface area contributed by atoms with Gasteiger partial charge in [-0.3, -0.25) is 4.79 Å². The standard InChI is InChI=1S/C20H31ClN4O4S2/c1-5-16(19(26)22-8-10-24(6-2)7-3)30-17-13-15(21)14(4)12-18(17)31(28,29)25-11-9-23-20(25)27/h12-13,16H,5-11H2,1-4H3,(H,22,26)(H,23,27). The minimum atomic E-state index is -4.07. The van der Waals surface area contributed by atoms with Gasteiger partial charge in [-0.2, -0.15) is 0 Å². The molecule has 0 saturated carbocycles. The summed E-state index contributed by atoms with van der Waals surface area (Å²) in [6, 6.07) is 2.38. The highest BCUT2D eigenvalue weighted by atomic mass is 35.5. The maximum Gasteiger partial charge on any atom is 0.331 e. The van der Waals surface area contributed by atoms with Crippen molar-refractivity contribution < 1.29 is 18.0 Å². The van der Waals surface area contributed by atoms with Crippen LogP contribution >= 0.6 is 23.4 Å². The van der Waals surface area contributed by atoms with E-state index in [1.165, 1.54) is 6.07 Å². The lowest BCUT2D eigenvalue weighted by atomic mass is 10.2. The molecule has 2 rings (SSSR count). The first-order valence-electron chi connectivity index (χ1n) is 10.4. The molecule has 1 unspecified atom stereocenters. The number of likely N-dealkylation sites (N-methyl/N-ethyl adjacent to an activating group) is 1. The molecule has 1 aromatic carbocycles. The van der Waals surface area contributed by atoms with E-state index in [0.717, 1.165) is 35.7 Å². The highest BCUT2D eigenvalue weighted by molar-refractivity contribution is 8.01. The van der Waals surface area contributed by atoms with Crippen molar-refractivity contribution in [2.75, 3.05) is 39.3 Å². The summed E-state index contributed by atoms with van der Waals surface area (Å²) in [6.07, 6.45) is 0.511. The first-order valence-corrected chi connectivity index (χ1v) is 13.1. The number of carbonyl (C=O) groups excluding carboxylic acids is 2. The fourth-order valence-electron chi connectivity index (χ4n) is 3.20. The smallest absolute Gasteiger partial charge is 0.331 e. The third-order valence-electron chi connectivity index (χ3n) is 5.16. The number of hydrogen-bond acceptors (Lipinski definition) is 6. The monoisotopic (exact) mass is 490 g/mol. The fourth-order valence-corrected chi connectivity index (χ4v) is 6.40. The largest absolute Gasteiger partial charge is 0.354 e. The quantitative estimate of drug-likeness (QED) is 0.463. The molecular weight excluding hydrogens is 460 g/mol. The van der Waals surface area contributed by atoms with E-state index in [1.807, 2.05) is 6.92 Å². The Morgan fingerprint density at radius 2 is 2.00 bits per heavy atom. The van der Waals surface area contributed by atoms with Gasteiger partial charge in [-0.05, 0) is 44.1 Å². The van der Waals surface area contributed by atoms with Gasteiger partial charge >= 0.3 is 6.03 Å². The molecule has 8 nitrogen and oxygen atoms in total. The number of urea groups is 1. The Balaban J connectivity index is 2.25. The molecule has 174 valence electrons. The molecule has 1 fully saturated rings. The van der Waals surface area contributed by atoms with Gasteiger partial charge < -0.3 is 15.5 Å². The van der Waals surface area contributed by atoms with E-state index in [1.54, 1.807) is 13.0 Å². The lowest BCUT2D eigenvalue weighted by Gasteiger charge is -2.22. The second-order valence-electron chi connectivity index (χ2n) is 7.19. The number of amides is 3. The first-order chi connectivity index (χ1) is 14.6. The molecule has 0 spiro atoms. The van der Waals surface area contributed by atoms with Crippen molar-refractivity contribution in [3.05, 3.63) is 22.7 Å². The Morgan fingerprint density at radius 3 is 2.55 bits per heavy atom. The van der Waals surface area contributed by atoms with Crippen LogP contribution in [-0.2, 0) is 14.8 Å². The van der Waals surface area contributed by atoms with Crippen molar-refractivity contribution in [1.29, 1.82) is 0 Å². The highest BCUT2D eigenvalue weighted by Gasteiger charge is 2.35. The second kappa shape index (κ2) is 11.4. The van der Waals surface area contributed by atoms with Crippen LogP contribution in [0.1, 0.15) is 32.8 Å². The molecule has 0 bridgehead atoms. The second-order valence-corrected chi connectivity index (χ2v) is 10.7. The van der Waals surface area contributed by atoms with Gasteiger partial charge in [-0.15, -0.1) is 11.8 Å². The van der Waals surface area contributed by atoms with Crippen LogP contribution in [0.15, 0.2) is 21.9 Å². The molecule has 11 heteroatoms. The summed E-state index contributed by atoms with van der Waals surface area (Å²) in [5.41, 5.74) is 0.584. The number of aryl methyl sites for hydroxylation is 1. The van der Waals surface area contributed by atoms with Crippen molar-refractivity contribution in [2.24, 2.45) is 0 Å². The number of nitrogens with one attached hydrogen (secondary N) is 2. The van der Waals surface area contributed by atoms with Crippen LogP contribution in [-0.4, -0.2) is 74.1 Å². The van der Waals surface area contributed by atoms with Crippen molar-refractivity contribution in [2.45, 2.75) is 49.2 Å². The Labute approximate surface area is 194 Å². The van der Waals surface area contributed by atoms with E-state index in [0.29, 0.717) is 28.4 Å². The molecule has 0 aromatic heterocycles. The van der Waals surface area contributed by atoms with E-state index in [-0.39, 0.29) is 23.9 Å². The van der Waals surface area contributed by atoms with Crippen LogP contribution in [0.2, 0.25) is 5.02 Å². The van der Waals surface area contributed by atoms with Crippen molar-refractivity contribution in [3.8, 4) is 0 Å². The van der Waals surface area contributed by atoms with Crippen LogP contribution in [0.4, 0.5) is 4.79 Å². The van der Waals surface area contributed by atoms with Gasteiger partial charge in [0.25, 0.3) is 10.0 Å². The first kappa shape index (κ1) is 25.8. The molecule has 1 atom stereocenters. The summed E-state index contributed by atoms with van der Waals surface area (Å²) in [4.78, 5) is 27.3. The van der Waals surface area contributed by atoms with E-state index < -0.39 is 21.3 Å². The number of carbonyl (C=O) groups is 2. The Morgan fingerprint density at radius 1 is 1.32 bits per heavy atom. The molecule has 1 aliphatic heterocycles. The topological polar surface area (TPSA) is 98.8 Å². The summed E-state index contributed by atoms with van der Waals surface area (Å²) in [5, 5.41) is 5.37. The van der Waals surface area contributed by atoms with Gasteiger partial charge in [-0.1, -0.05) is 32.4 Å². The zero-order valence-corrected chi connectivity index (χ0v) is 20.8. The Bertz CT molecular complexity index is 907. The summed E-state index contributed by atoms with van der Waals surface area (Å²) < 4.78 is 27.2. The summed E-state index contributed by atoms with van der Waals surface area (Å²) in [6.45, 7) is 11.1. The molecular formula is C20H31ClN4O4S2. The molecule has 1 aliphatic rings. The predicted molar refractivity (Wildman–Crippen MR) is 124 cm³/mol.